The van der Waals surface area contributed by atoms with Gasteiger partial charge in [-0.3, -0.25) is 9.10 Å². The van der Waals surface area contributed by atoms with Gasteiger partial charge in [-0.1, -0.05) is 48.5 Å². The Morgan fingerprint density at radius 1 is 1.03 bits per heavy atom. The first-order chi connectivity index (χ1) is 14.9. The van der Waals surface area contributed by atoms with Crippen molar-refractivity contribution in [2.75, 3.05) is 17.1 Å². The van der Waals surface area contributed by atoms with E-state index in [9.17, 15) is 13.2 Å². The number of aromatic nitrogens is 2. The van der Waals surface area contributed by atoms with Gasteiger partial charge in [0.05, 0.1) is 18.3 Å². The van der Waals surface area contributed by atoms with Crippen molar-refractivity contribution >= 4 is 32.4 Å². The minimum atomic E-state index is -3.65. The number of hydrogen-bond donors (Lipinski definition) is 1. The zero-order chi connectivity index (χ0) is 21.8. The van der Waals surface area contributed by atoms with Crippen LogP contribution in [0.2, 0.25) is 0 Å². The maximum absolute atomic E-state index is 12.6. The number of anilines is 1. The van der Waals surface area contributed by atoms with Crippen molar-refractivity contribution in [1.29, 1.82) is 0 Å². The van der Waals surface area contributed by atoms with E-state index >= 15 is 0 Å². The molecule has 8 heteroatoms. The summed E-state index contributed by atoms with van der Waals surface area (Å²) in [4.78, 5) is 16.6. The average Bonchev–Trinajstić information content (AvgIpc) is 3.30. The van der Waals surface area contributed by atoms with Crippen LogP contribution in [0.3, 0.4) is 0 Å². The number of amides is 1. The number of carbonyl (C=O) groups is 1. The van der Waals surface area contributed by atoms with Gasteiger partial charge in [0, 0.05) is 30.0 Å². The van der Waals surface area contributed by atoms with E-state index in [1.165, 1.54) is 0 Å². The third-order valence-corrected chi connectivity index (χ3v) is 6.08. The van der Waals surface area contributed by atoms with Crippen LogP contribution in [0.5, 0.6) is 0 Å². The average molecular weight is 435 g/mol. The highest BCUT2D eigenvalue weighted by atomic mass is 32.2. The molecule has 0 saturated heterocycles. The number of nitrogens with zero attached hydrogens (tertiary/aromatic N) is 3. The standard InChI is InChI=1S/C23H22N4O3S/c1-31(29,30)27(22-8-4-6-19-5-2-3-7-21(19)22)16-23(28)25-15-18-9-11-20(12-10-18)26-14-13-24-17-26/h2-14,17H,15-16H2,1H3,(H,25,28). The third kappa shape index (κ3) is 4.75. The smallest absolute Gasteiger partial charge is 0.241 e. The molecule has 0 bridgehead atoms. The quantitative estimate of drug-likeness (QED) is 0.484. The van der Waals surface area contributed by atoms with Gasteiger partial charge in [-0.15, -0.1) is 0 Å². The normalized spacial score (nSPS) is 11.4. The van der Waals surface area contributed by atoms with Crippen LogP contribution in [-0.4, -0.2) is 36.7 Å². The second-order valence-corrected chi connectivity index (χ2v) is 9.09. The van der Waals surface area contributed by atoms with E-state index in [4.69, 9.17) is 0 Å². The van der Waals surface area contributed by atoms with Crippen LogP contribution in [0.15, 0.2) is 85.5 Å². The lowest BCUT2D eigenvalue weighted by Gasteiger charge is -2.23. The lowest BCUT2D eigenvalue weighted by atomic mass is 10.1. The summed E-state index contributed by atoms with van der Waals surface area (Å²) in [6, 6.07) is 20.6. The van der Waals surface area contributed by atoms with Crippen LogP contribution in [0.25, 0.3) is 16.5 Å². The van der Waals surface area contributed by atoms with Crippen LogP contribution in [0, 0.1) is 0 Å². The summed E-state index contributed by atoms with van der Waals surface area (Å²) in [6.45, 7) is 0.0101. The van der Waals surface area contributed by atoms with E-state index in [1.54, 1.807) is 24.7 Å². The molecule has 0 atom stereocenters. The van der Waals surface area contributed by atoms with E-state index in [1.807, 2.05) is 65.4 Å². The van der Waals surface area contributed by atoms with Gasteiger partial charge in [0.2, 0.25) is 15.9 Å². The summed E-state index contributed by atoms with van der Waals surface area (Å²) in [5, 5.41) is 4.49. The van der Waals surface area contributed by atoms with Gasteiger partial charge in [-0.25, -0.2) is 13.4 Å². The van der Waals surface area contributed by atoms with Gasteiger partial charge >= 0.3 is 0 Å². The van der Waals surface area contributed by atoms with Gasteiger partial charge in [0.15, 0.2) is 0 Å². The van der Waals surface area contributed by atoms with Gasteiger partial charge in [-0.2, -0.15) is 0 Å². The third-order valence-electron chi connectivity index (χ3n) is 4.95. The number of benzene rings is 3. The number of carbonyl (C=O) groups excluding carboxylic acids is 1. The van der Waals surface area contributed by atoms with Crippen LogP contribution >= 0.6 is 0 Å². The monoisotopic (exact) mass is 434 g/mol. The molecule has 0 saturated carbocycles. The maximum Gasteiger partial charge on any atom is 0.241 e. The Morgan fingerprint density at radius 2 is 1.77 bits per heavy atom. The molecule has 0 fully saturated rings. The fourth-order valence-corrected chi connectivity index (χ4v) is 4.26. The Kier molecular flexibility index (Phi) is 5.73. The van der Waals surface area contributed by atoms with Gasteiger partial charge < -0.3 is 9.88 Å². The Hall–Kier alpha value is -3.65. The number of nitrogens with one attached hydrogen (secondary N) is 1. The van der Waals surface area contributed by atoms with Crippen LogP contribution < -0.4 is 9.62 Å². The molecule has 1 aromatic heterocycles. The van der Waals surface area contributed by atoms with E-state index in [0.717, 1.165) is 32.6 Å². The Balaban J connectivity index is 1.47. The van der Waals surface area contributed by atoms with Crippen molar-refractivity contribution in [3.05, 3.63) is 91.0 Å². The molecule has 0 aliphatic carbocycles. The number of imidazole rings is 1. The van der Waals surface area contributed by atoms with Crippen molar-refractivity contribution in [2.24, 2.45) is 0 Å². The summed E-state index contributed by atoms with van der Waals surface area (Å²) in [6.07, 6.45) is 6.38. The second-order valence-electron chi connectivity index (χ2n) is 7.18. The molecule has 0 unspecified atom stereocenters. The van der Waals surface area contributed by atoms with Crippen molar-refractivity contribution < 1.29 is 13.2 Å². The van der Waals surface area contributed by atoms with E-state index in [-0.39, 0.29) is 12.5 Å². The zero-order valence-electron chi connectivity index (χ0n) is 17.0. The van der Waals surface area contributed by atoms with Gasteiger partial charge in [0.25, 0.3) is 0 Å². The summed E-state index contributed by atoms with van der Waals surface area (Å²) >= 11 is 0. The molecule has 31 heavy (non-hydrogen) atoms. The molecule has 1 heterocycles. The van der Waals surface area contributed by atoms with Crippen molar-refractivity contribution in [1.82, 2.24) is 14.9 Å². The first-order valence-electron chi connectivity index (χ1n) is 9.71. The summed E-state index contributed by atoms with van der Waals surface area (Å²) in [5.74, 6) is -0.378. The minimum absolute atomic E-state index is 0.292. The SMILES string of the molecule is CS(=O)(=O)N(CC(=O)NCc1ccc(-n2ccnc2)cc1)c1cccc2ccccc12. The van der Waals surface area contributed by atoms with E-state index in [2.05, 4.69) is 10.3 Å². The minimum Gasteiger partial charge on any atom is -0.350 e. The lowest BCUT2D eigenvalue weighted by Crippen LogP contribution is -2.40. The lowest BCUT2D eigenvalue weighted by molar-refractivity contribution is -0.119. The van der Waals surface area contributed by atoms with Crippen LogP contribution in [0.4, 0.5) is 5.69 Å². The predicted octanol–water partition coefficient (Wildman–Crippen LogP) is 3.11. The number of rotatable bonds is 7. The summed E-state index contributed by atoms with van der Waals surface area (Å²) in [7, 11) is -3.65. The molecule has 4 aromatic rings. The van der Waals surface area contributed by atoms with E-state index in [0.29, 0.717) is 12.2 Å². The maximum atomic E-state index is 12.6. The molecule has 1 amide bonds. The van der Waals surface area contributed by atoms with Crippen molar-refractivity contribution in [3.8, 4) is 5.69 Å². The fourth-order valence-electron chi connectivity index (χ4n) is 3.39. The first kappa shape index (κ1) is 20.6. The summed E-state index contributed by atoms with van der Waals surface area (Å²) in [5.41, 5.74) is 2.36. The summed E-state index contributed by atoms with van der Waals surface area (Å²) < 4.78 is 28.0. The molecular weight excluding hydrogens is 412 g/mol. The highest BCUT2D eigenvalue weighted by Gasteiger charge is 2.22. The number of fused-ring (bicyclic) bond motifs is 1. The molecule has 7 nitrogen and oxygen atoms in total. The van der Waals surface area contributed by atoms with E-state index < -0.39 is 10.0 Å². The molecule has 4 rings (SSSR count). The molecule has 3 aromatic carbocycles. The Bertz CT molecular complexity index is 1300. The first-order valence-corrected chi connectivity index (χ1v) is 11.6. The number of sulfonamides is 1. The number of hydrogen-bond acceptors (Lipinski definition) is 4. The molecule has 0 aliphatic rings. The highest BCUT2D eigenvalue weighted by Crippen LogP contribution is 2.28. The predicted molar refractivity (Wildman–Crippen MR) is 122 cm³/mol. The molecule has 1 N–H and O–H groups in total. The van der Waals surface area contributed by atoms with Crippen molar-refractivity contribution in [2.45, 2.75) is 6.54 Å². The second kappa shape index (κ2) is 8.61. The van der Waals surface area contributed by atoms with Crippen molar-refractivity contribution in [3.63, 3.8) is 0 Å². The van der Waals surface area contributed by atoms with Crippen LogP contribution in [0.1, 0.15) is 5.56 Å². The largest absolute Gasteiger partial charge is 0.350 e. The fraction of sp³-hybridized carbons (Fsp3) is 0.130. The molecule has 0 aliphatic heterocycles. The Morgan fingerprint density at radius 3 is 2.48 bits per heavy atom. The molecule has 0 radical (unpaired) electrons. The zero-order valence-corrected chi connectivity index (χ0v) is 17.8. The van der Waals surface area contributed by atoms with Gasteiger partial charge in [0.1, 0.15) is 6.54 Å². The van der Waals surface area contributed by atoms with Gasteiger partial charge in [-0.05, 0) is 29.1 Å². The topological polar surface area (TPSA) is 84.3 Å². The van der Waals surface area contributed by atoms with Crippen LogP contribution in [-0.2, 0) is 21.4 Å². The molecular formula is C23H22N4O3S. The molecule has 158 valence electrons. The molecule has 0 spiro atoms. The Labute approximate surface area is 181 Å². The highest BCUT2D eigenvalue weighted by molar-refractivity contribution is 7.92.